The molecule has 0 saturated carbocycles. The van der Waals surface area contributed by atoms with E-state index in [0.717, 1.165) is 29.4 Å². The fourth-order valence-electron chi connectivity index (χ4n) is 2.08. The monoisotopic (exact) mass is 287 g/mol. The molecule has 4 heteroatoms. The van der Waals surface area contributed by atoms with E-state index in [1.54, 1.807) is 6.07 Å². The first-order valence-corrected chi connectivity index (χ1v) is 6.37. The molecule has 88 valence electrons. The molecule has 16 heavy (non-hydrogen) atoms. The molecule has 1 aliphatic heterocycles. The molecule has 2 nitrogen and oxygen atoms in total. The molecule has 0 bridgehead atoms. The number of hydrogen-bond donors (Lipinski definition) is 1. The van der Waals surface area contributed by atoms with Crippen LogP contribution in [0.3, 0.4) is 0 Å². The largest absolute Gasteiger partial charge is 0.490 e. The van der Waals surface area contributed by atoms with Crippen molar-refractivity contribution in [2.75, 3.05) is 13.2 Å². The van der Waals surface area contributed by atoms with Gasteiger partial charge in [0.15, 0.2) is 11.6 Å². The highest BCUT2D eigenvalue weighted by Crippen LogP contribution is 2.38. The second-order valence-corrected chi connectivity index (χ2v) is 4.73. The maximum Gasteiger partial charge on any atom is 0.165 e. The maximum atomic E-state index is 13.7. The van der Waals surface area contributed by atoms with Crippen molar-refractivity contribution < 1.29 is 9.13 Å². The van der Waals surface area contributed by atoms with Gasteiger partial charge in [-0.05, 0) is 31.5 Å². The first-order chi connectivity index (χ1) is 7.74. The smallest absolute Gasteiger partial charge is 0.165 e. The van der Waals surface area contributed by atoms with Crippen LogP contribution in [0.4, 0.5) is 4.39 Å². The molecular weight excluding hydrogens is 273 g/mol. The van der Waals surface area contributed by atoms with Gasteiger partial charge in [0.1, 0.15) is 0 Å². The summed E-state index contributed by atoms with van der Waals surface area (Å²) in [6, 6.07) is 3.36. The van der Waals surface area contributed by atoms with Crippen molar-refractivity contribution in [1.29, 1.82) is 0 Å². The Balaban J connectivity index is 2.46. The zero-order valence-electron chi connectivity index (χ0n) is 9.22. The molecule has 0 fully saturated rings. The highest BCUT2D eigenvalue weighted by Gasteiger charge is 2.24. The third-order valence-corrected chi connectivity index (χ3v) is 3.47. The van der Waals surface area contributed by atoms with E-state index in [9.17, 15) is 4.39 Å². The molecule has 1 aromatic carbocycles. The summed E-state index contributed by atoms with van der Waals surface area (Å²) in [7, 11) is 0. The molecule has 1 atom stereocenters. The Morgan fingerprint density at radius 2 is 2.38 bits per heavy atom. The first-order valence-electron chi connectivity index (χ1n) is 5.58. The van der Waals surface area contributed by atoms with Crippen LogP contribution >= 0.6 is 15.9 Å². The van der Waals surface area contributed by atoms with Crippen LogP contribution in [-0.2, 0) is 0 Å². The predicted molar refractivity (Wildman–Crippen MR) is 65.2 cm³/mol. The zero-order chi connectivity index (χ0) is 11.5. The number of rotatable bonds is 2. The fraction of sp³-hybridized carbons (Fsp3) is 0.500. The van der Waals surface area contributed by atoms with Gasteiger partial charge in [-0.3, -0.25) is 0 Å². The lowest BCUT2D eigenvalue weighted by molar-refractivity contribution is 0.300. The Kier molecular flexibility index (Phi) is 3.82. The summed E-state index contributed by atoms with van der Waals surface area (Å²) in [6.45, 7) is 3.51. The predicted octanol–water partition coefficient (Wildman–Crippen LogP) is 3.41. The molecular formula is C12H15BrFNO. The van der Waals surface area contributed by atoms with Crippen molar-refractivity contribution in [1.82, 2.24) is 5.32 Å². The average Bonchev–Trinajstić information content (AvgIpc) is 2.48. The van der Waals surface area contributed by atoms with Crippen LogP contribution in [0.5, 0.6) is 5.75 Å². The lowest BCUT2D eigenvalue weighted by Gasteiger charge is -2.19. The molecule has 1 aliphatic rings. The Bertz CT molecular complexity index is 384. The molecule has 1 unspecified atom stereocenters. The number of fused-ring (bicyclic) bond motifs is 1. The summed E-state index contributed by atoms with van der Waals surface area (Å²) in [4.78, 5) is 0. The molecule has 0 saturated heterocycles. The third-order valence-electron chi connectivity index (χ3n) is 2.78. The highest BCUT2D eigenvalue weighted by atomic mass is 79.9. The Labute approximate surface area is 103 Å². The molecule has 0 aromatic heterocycles. The van der Waals surface area contributed by atoms with Gasteiger partial charge in [-0.25, -0.2) is 4.39 Å². The maximum absolute atomic E-state index is 13.7. The fourth-order valence-corrected chi connectivity index (χ4v) is 2.67. The number of benzene rings is 1. The minimum absolute atomic E-state index is 0.174. The third kappa shape index (κ3) is 2.23. The van der Waals surface area contributed by atoms with E-state index in [2.05, 4.69) is 28.2 Å². The van der Waals surface area contributed by atoms with Gasteiger partial charge < -0.3 is 10.1 Å². The van der Waals surface area contributed by atoms with E-state index in [-0.39, 0.29) is 11.9 Å². The van der Waals surface area contributed by atoms with Crippen LogP contribution in [-0.4, -0.2) is 13.2 Å². The van der Waals surface area contributed by atoms with Crippen molar-refractivity contribution in [3.8, 4) is 5.75 Å². The van der Waals surface area contributed by atoms with Gasteiger partial charge in [-0.2, -0.15) is 0 Å². The van der Waals surface area contributed by atoms with Gasteiger partial charge in [-0.1, -0.05) is 22.9 Å². The minimum atomic E-state index is -0.275. The van der Waals surface area contributed by atoms with Crippen LogP contribution in [0.25, 0.3) is 0 Å². The van der Waals surface area contributed by atoms with Gasteiger partial charge in [-0.15, -0.1) is 0 Å². The van der Waals surface area contributed by atoms with Crippen molar-refractivity contribution in [3.63, 3.8) is 0 Å². The Morgan fingerprint density at radius 1 is 1.56 bits per heavy atom. The molecule has 2 rings (SSSR count). The van der Waals surface area contributed by atoms with Gasteiger partial charge in [0.2, 0.25) is 0 Å². The van der Waals surface area contributed by atoms with Gasteiger partial charge in [0, 0.05) is 16.1 Å². The molecule has 1 heterocycles. The summed E-state index contributed by atoms with van der Waals surface area (Å²) < 4.78 is 20.1. The molecule has 0 spiro atoms. The van der Waals surface area contributed by atoms with Crippen LogP contribution in [0.2, 0.25) is 0 Å². The lowest BCUT2D eigenvalue weighted by atomic mass is 10.0. The number of ether oxygens (including phenoxy) is 1. The van der Waals surface area contributed by atoms with Crippen LogP contribution in [0.1, 0.15) is 31.4 Å². The lowest BCUT2D eigenvalue weighted by Crippen LogP contribution is -2.21. The topological polar surface area (TPSA) is 21.3 Å². The Morgan fingerprint density at radius 3 is 3.12 bits per heavy atom. The summed E-state index contributed by atoms with van der Waals surface area (Å²) in [5, 5.41) is 3.37. The second-order valence-electron chi connectivity index (χ2n) is 3.87. The molecule has 1 aromatic rings. The number of nitrogens with one attached hydrogen (secondary N) is 1. The summed E-state index contributed by atoms with van der Waals surface area (Å²) in [5.41, 5.74) is 0.916. The van der Waals surface area contributed by atoms with Crippen LogP contribution < -0.4 is 10.1 Å². The standard InChI is InChI=1S/C12H15BrFNO/c1-2-15-10-4-3-7-16-12-9(14)6-5-8(13)11(10)12/h5-6,10,15H,2-4,7H2,1H3. The van der Waals surface area contributed by atoms with Crippen LogP contribution in [0, 0.1) is 5.82 Å². The van der Waals surface area contributed by atoms with Gasteiger partial charge >= 0.3 is 0 Å². The molecule has 0 amide bonds. The summed E-state index contributed by atoms with van der Waals surface area (Å²) >= 11 is 3.47. The second kappa shape index (κ2) is 5.15. The Hall–Kier alpha value is -0.610. The zero-order valence-corrected chi connectivity index (χ0v) is 10.8. The van der Waals surface area contributed by atoms with Crippen LogP contribution in [0.15, 0.2) is 16.6 Å². The van der Waals surface area contributed by atoms with Crippen molar-refractivity contribution in [3.05, 3.63) is 28.0 Å². The van der Waals surface area contributed by atoms with E-state index in [1.807, 2.05) is 0 Å². The normalized spacial score (nSPS) is 19.8. The van der Waals surface area contributed by atoms with E-state index in [4.69, 9.17) is 4.74 Å². The quantitative estimate of drug-likeness (QED) is 0.900. The summed E-state index contributed by atoms with van der Waals surface area (Å²) in [6.07, 6.45) is 1.92. The molecule has 0 radical (unpaired) electrons. The molecule has 1 N–H and O–H groups in total. The van der Waals surface area contributed by atoms with E-state index in [0.29, 0.717) is 12.4 Å². The number of hydrogen-bond acceptors (Lipinski definition) is 2. The van der Waals surface area contributed by atoms with Crippen molar-refractivity contribution in [2.24, 2.45) is 0 Å². The SMILES string of the molecule is CCNC1CCCOc2c(F)ccc(Br)c21. The summed E-state index contributed by atoms with van der Waals surface area (Å²) in [5.74, 6) is 0.126. The van der Waals surface area contributed by atoms with Gasteiger partial charge in [0.25, 0.3) is 0 Å². The molecule has 0 aliphatic carbocycles. The van der Waals surface area contributed by atoms with E-state index >= 15 is 0 Å². The minimum Gasteiger partial charge on any atom is -0.490 e. The first kappa shape index (κ1) is 11.9. The van der Waals surface area contributed by atoms with E-state index < -0.39 is 0 Å². The highest BCUT2D eigenvalue weighted by molar-refractivity contribution is 9.10. The number of halogens is 2. The van der Waals surface area contributed by atoms with E-state index in [1.165, 1.54) is 6.07 Å². The van der Waals surface area contributed by atoms with Gasteiger partial charge in [0.05, 0.1) is 6.61 Å². The van der Waals surface area contributed by atoms with Crippen molar-refractivity contribution >= 4 is 15.9 Å². The van der Waals surface area contributed by atoms with Crippen molar-refractivity contribution in [2.45, 2.75) is 25.8 Å². The average molecular weight is 288 g/mol.